The van der Waals surface area contributed by atoms with Crippen LogP contribution >= 0.6 is 11.6 Å². The summed E-state index contributed by atoms with van der Waals surface area (Å²) in [5, 5.41) is 13.8. The fourth-order valence-electron chi connectivity index (χ4n) is 10.7. The first-order valence-electron chi connectivity index (χ1n) is 22.6. The Balaban J connectivity index is 0.875. The number of ether oxygens (including phenoxy) is 2. The number of likely N-dealkylation sites (tertiary alicyclic amines) is 1. The summed E-state index contributed by atoms with van der Waals surface area (Å²) in [7, 11) is -4.70. The van der Waals surface area contributed by atoms with Crippen LogP contribution in [-0.2, 0) is 19.6 Å². The highest BCUT2D eigenvalue weighted by atomic mass is 35.5. The van der Waals surface area contributed by atoms with Gasteiger partial charge in [0.15, 0.2) is 0 Å². The van der Waals surface area contributed by atoms with Crippen molar-refractivity contribution in [3.8, 4) is 11.5 Å². The molecule has 3 aliphatic heterocycles. The first-order chi connectivity index (χ1) is 31.4. The molecule has 2 unspecified atom stereocenters. The zero-order valence-electron chi connectivity index (χ0n) is 36.0. The van der Waals surface area contributed by atoms with Gasteiger partial charge in [0.2, 0.25) is 5.91 Å². The van der Waals surface area contributed by atoms with Gasteiger partial charge in [-0.2, -0.15) is 0 Å². The molecular weight excluding hydrogens is 870 g/mol. The maximum Gasteiger partial charge on any atom is 0.268 e. The molecule has 2 aromatic carbocycles. The number of halogens is 1. The number of amides is 2. The van der Waals surface area contributed by atoms with E-state index in [1.165, 1.54) is 60.7 Å². The molecule has 15 nitrogen and oxygen atoms in total. The van der Waals surface area contributed by atoms with Crippen LogP contribution in [0.1, 0.15) is 67.3 Å². The Morgan fingerprint density at radius 2 is 1.83 bits per heavy atom. The van der Waals surface area contributed by atoms with Gasteiger partial charge in [0.25, 0.3) is 21.6 Å². The molecule has 1 saturated carbocycles. The van der Waals surface area contributed by atoms with E-state index >= 15 is 0 Å². The predicted octanol–water partition coefficient (Wildman–Crippen LogP) is 7.56. The summed E-state index contributed by atoms with van der Waals surface area (Å²) in [6.07, 6.45) is 14.4. The van der Waals surface area contributed by atoms with Gasteiger partial charge in [-0.25, -0.2) is 18.1 Å². The number of carbonyl (C=O) groups is 2. The van der Waals surface area contributed by atoms with E-state index in [0.29, 0.717) is 36.6 Å². The predicted molar refractivity (Wildman–Crippen MR) is 246 cm³/mol. The number of allylic oxidation sites excluding steroid dienone is 2. The molecule has 17 heteroatoms. The monoisotopic (exact) mass is 921 g/mol. The lowest BCUT2D eigenvalue weighted by Gasteiger charge is -2.47. The van der Waals surface area contributed by atoms with E-state index in [1.807, 2.05) is 18.2 Å². The Hall–Kier alpha value is -5.55. The van der Waals surface area contributed by atoms with E-state index in [1.54, 1.807) is 29.3 Å². The minimum Gasteiger partial charge on any atom is -0.455 e. The molecule has 4 aromatic rings. The number of hydrogen-bond donors (Lipinski definition) is 2. The van der Waals surface area contributed by atoms with E-state index in [9.17, 15) is 28.1 Å². The molecule has 2 aromatic heterocycles. The number of piperazine rings is 1. The summed E-state index contributed by atoms with van der Waals surface area (Å²) >= 11 is 6.28. The number of H-pyrrole nitrogens is 1. The number of pyridine rings is 1. The molecule has 0 radical (unpaired) electrons. The van der Waals surface area contributed by atoms with Gasteiger partial charge in [-0.3, -0.25) is 24.6 Å². The van der Waals surface area contributed by atoms with Crippen molar-refractivity contribution in [3.05, 3.63) is 122 Å². The summed E-state index contributed by atoms with van der Waals surface area (Å²) < 4.78 is 41.9. The number of benzene rings is 2. The number of sulfonamides is 1. The summed E-state index contributed by atoms with van der Waals surface area (Å²) in [6, 6.07) is 16.9. The Morgan fingerprint density at radius 1 is 1.05 bits per heavy atom. The fraction of sp³-hybridized carbons (Fsp3) is 0.438. The zero-order chi connectivity index (χ0) is 44.9. The molecule has 2 N–H and O–H groups in total. The van der Waals surface area contributed by atoms with Crippen LogP contribution in [0.25, 0.3) is 16.6 Å². The molecule has 0 bridgehead atoms. The number of hydrogen-bond acceptors (Lipinski definition) is 11. The molecular formula is C48H52ClN7O8S. The molecule has 3 aliphatic carbocycles. The molecule has 2 atom stereocenters. The van der Waals surface area contributed by atoms with Crippen molar-refractivity contribution in [2.45, 2.75) is 51.4 Å². The van der Waals surface area contributed by atoms with E-state index in [4.69, 9.17) is 21.1 Å². The Bertz CT molecular complexity index is 2730. The second kappa shape index (κ2) is 17.7. The van der Waals surface area contributed by atoms with Gasteiger partial charge in [0.1, 0.15) is 17.1 Å². The molecule has 65 heavy (non-hydrogen) atoms. The standard InChI is InChI=1S/C48H52ClN7O8S/c49-35-4-2-32(3-5-35)41-26-48(12-1-13-48)14-8-34(41)29-53-16-18-54(19-17-53)36-6-7-39(44(23-36)64-37-22-33-9-15-50-45(33)51-27-37)46(57)52-65(61,62)38-24-40-42(43(25-38)56(59)60)30-55(47(40)58)28-31-10-20-63-21-11-31/h2-7,9,15,22-25,27,31,40,42H,1,8,10-14,16-21,26,28-30H2,(H,50,51)(H,52,57). The number of nitro groups is 1. The van der Waals surface area contributed by atoms with Crippen LogP contribution in [0, 0.1) is 33.3 Å². The topological polar surface area (TPSA) is 180 Å². The van der Waals surface area contributed by atoms with Gasteiger partial charge in [-0.1, -0.05) is 41.8 Å². The second-order valence-corrected chi connectivity index (χ2v) is 20.6. The van der Waals surface area contributed by atoms with Crippen molar-refractivity contribution in [2.24, 2.45) is 23.2 Å². The SMILES string of the molecule is O=C(NS(=O)(=O)C1=CC2C(=O)N(CC3CCOCC3)CC2C([N+](=O)[O-])=C1)c1ccc(N2CCN(CC3=C(c4ccc(Cl)cc4)CC4(CCC4)CC3)CC2)cc1Oc1cnc2[nH]ccc2c1. The van der Waals surface area contributed by atoms with E-state index < -0.39 is 37.6 Å². The third kappa shape index (κ3) is 8.93. The number of aromatic amines is 1. The number of fused-ring (bicyclic) bond motifs is 2. The third-order valence-corrected chi connectivity index (χ3v) is 16.1. The number of carbonyl (C=O) groups excluding carboxylic acids is 2. The van der Waals surface area contributed by atoms with Crippen LogP contribution in [-0.4, -0.2) is 104 Å². The van der Waals surface area contributed by atoms with Gasteiger partial charge in [-0.15, -0.1) is 0 Å². The fourth-order valence-corrected chi connectivity index (χ4v) is 11.9. The van der Waals surface area contributed by atoms with Crippen molar-refractivity contribution in [1.82, 2.24) is 24.5 Å². The van der Waals surface area contributed by atoms with Gasteiger partial charge < -0.3 is 24.3 Å². The zero-order valence-corrected chi connectivity index (χ0v) is 37.6. The molecule has 3 saturated heterocycles. The van der Waals surface area contributed by atoms with Gasteiger partial charge in [0, 0.05) is 93.5 Å². The van der Waals surface area contributed by atoms with Crippen LogP contribution in [0.15, 0.2) is 95.3 Å². The number of nitrogens with zero attached hydrogens (tertiary/aromatic N) is 5. The van der Waals surface area contributed by atoms with Crippen molar-refractivity contribution in [3.63, 3.8) is 0 Å². The highest BCUT2D eigenvalue weighted by molar-refractivity contribution is 7.94. The Labute approximate surface area is 382 Å². The Morgan fingerprint density at radius 3 is 2.57 bits per heavy atom. The van der Waals surface area contributed by atoms with Gasteiger partial charge in [-0.05, 0) is 104 Å². The van der Waals surface area contributed by atoms with Crippen LogP contribution < -0.4 is 14.4 Å². The van der Waals surface area contributed by atoms with E-state index in [2.05, 4.69) is 36.6 Å². The lowest BCUT2D eigenvalue weighted by Crippen LogP contribution is -2.47. The van der Waals surface area contributed by atoms with Crippen LogP contribution in [0.5, 0.6) is 11.5 Å². The lowest BCUT2D eigenvalue weighted by molar-refractivity contribution is -0.434. The molecule has 340 valence electrons. The van der Waals surface area contributed by atoms with Crippen LogP contribution in [0.4, 0.5) is 5.69 Å². The summed E-state index contributed by atoms with van der Waals surface area (Å²) in [6.45, 7) is 5.67. The molecule has 4 fully saturated rings. The van der Waals surface area contributed by atoms with Crippen molar-refractivity contribution in [2.75, 3.05) is 63.9 Å². The first-order valence-corrected chi connectivity index (χ1v) is 24.5. The van der Waals surface area contributed by atoms with Gasteiger partial charge in [0.05, 0.1) is 33.4 Å². The maximum absolute atomic E-state index is 14.1. The van der Waals surface area contributed by atoms with Crippen molar-refractivity contribution < 1.29 is 32.4 Å². The van der Waals surface area contributed by atoms with Crippen LogP contribution in [0.3, 0.4) is 0 Å². The van der Waals surface area contributed by atoms with Crippen molar-refractivity contribution in [1.29, 1.82) is 0 Å². The van der Waals surface area contributed by atoms with E-state index in [-0.39, 0.29) is 35.4 Å². The summed E-state index contributed by atoms with van der Waals surface area (Å²) in [5.74, 6) is -2.61. The van der Waals surface area contributed by atoms with E-state index in [0.717, 1.165) is 80.6 Å². The minimum absolute atomic E-state index is 0.0688. The quantitative estimate of drug-likeness (QED) is 0.106. The minimum atomic E-state index is -4.70. The molecule has 1 spiro atoms. The average molecular weight is 923 g/mol. The number of anilines is 1. The normalized spacial score (nSPS) is 22.7. The molecule has 6 aliphatic rings. The highest BCUT2D eigenvalue weighted by Crippen LogP contribution is 2.55. The van der Waals surface area contributed by atoms with Gasteiger partial charge >= 0.3 is 0 Å². The summed E-state index contributed by atoms with van der Waals surface area (Å²) in [4.78, 5) is 52.7. The lowest BCUT2D eigenvalue weighted by atomic mass is 9.59. The smallest absolute Gasteiger partial charge is 0.268 e. The summed E-state index contributed by atoms with van der Waals surface area (Å²) in [5.41, 5.74) is 5.67. The third-order valence-electron chi connectivity index (χ3n) is 14.5. The van der Waals surface area contributed by atoms with Crippen LogP contribution in [0.2, 0.25) is 5.02 Å². The number of rotatable bonds is 12. The first kappa shape index (κ1) is 43.3. The molecule has 2 amide bonds. The average Bonchev–Trinajstić information content (AvgIpc) is 3.89. The maximum atomic E-state index is 14.1. The molecule has 5 heterocycles. The largest absolute Gasteiger partial charge is 0.455 e. The second-order valence-electron chi connectivity index (χ2n) is 18.5. The highest BCUT2D eigenvalue weighted by Gasteiger charge is 2.49. The number of aromatic nitrogens is 2. The Kier molecular flexibility index (Phi) is 11.8. The van der Waals surface area contributed by atoms with Crippen molar-refractivity contribution >= 4 is 55.7 Å². The number of nitrogens with one attached hydrogen (secondary N) is 2. The molecule has 10 rings (SSSR count).